The summed E-state index contributed by atoms with van der Waals surface area (Å²) in [4.78, 5) is 16.4. The van der Waals surface area contributed by atoms with Gasteiger partial charge >= 0.3 is 0 Å². The van der Waals surface area contributed by atoms with E-state index in [-0.39, 0.29) is 11.5 Å². The predicted molar refractivity (Wildman–Crippen MR) is 82.7 cm³/mol. The van der Waals surface area contributed by atoms with Crippen LogP contribution < -0.4 is 0 Å². The van der Waals surface area contributed by atoms with Crippen molar-refractivity contribution in [2.45, 2.75) is 40.0 Å². The van der Waals surface area contributed by atoms with Crippen molar-refractivity contribution < 1.29 is 9.90 Å². The van der Waals surface area contributed by atoms with E-state index >= 15 is 0 Å². The lowest BCUT2D eigenvalue weighted by Crippen LogP contribution is -2.02. The minimum atomic E-state index is -0.109. The lowest BCUT2D eigenvalue weighted by Gasteiger charge is -2.11. The van der Waals surface area contributed by atoms with Crippen LogP contribution in [0, 0.1) is 0 Å². The topological polar surface area (TPSA) is 50.2 Å². The molecule has 4 heteroatoms. The van der Waals surface area contributed by atoms with Crippen LogP contribution in [0.15, 0.2) is 17.5 Å². The van der Waals surface area contributed by atoms with Crippen LogP contribution >= 0.6 is 11.3 Å². The Hall–Kier alpha value is -1.68. The maximum absolute atomic E-state index is 11.8. The lowest BCUT2D eigenvalue weighted by atomic mass is 9.95. The number of hydrogen-bond donors (Lipinski definition) is 1. The van der Waals surface area contributed by atoms with Crippen molar-refractivity contribution in [1.29, 1.82) is 0 Å². The number of thiazole rings is 1. The van der Waals surface area contributed by atoms with Gasteiger partial charge in [0, 0.05) is 10.9 Å². The largest absolute Gasteiger partial charge is 0.507 e. The summed E-state index contributed by atoms with van der Waals surface area (Å²) in [7, 11) is 0. The third-order valence-electron chi connectivity index (χ3n) is 3.34. The van der Waals surface area contributed by atoms with E-state index in [0.717, 1.165) is 21.8 Å². The monoisotopic (exact) mass is 289 g/mol. The molecular weight excluding hydrogens is 270 g/mol. The first kappa shape index (κ1) is 14.7. The Morgan fingerprint density at radius 1 is 1.40 bits per heavy atom. The highest BCUT2D eigenvalue weighted by Gasteiger charge is 2.18. The van der Waals surface area contributed by atoms with Gasteiger partial charge in [0.15, 0.2) is 5.78 Å². The molecule has 0 aliphatic rings. The number of ketones is 1. The molecule has 0 fully saturated rings. The van der Waals surface area contributed by atoms with Crippen LogP contribution in [-0.4, -0.2) is 15.9 Å². The summed E-state index contributed by atoms with van der Waals surface area (Å²) in [6.45, 7) is 7.69. The van der Waals surface area contributed by atoms with Gasteiger partial charge in [-0.25, -0.2) is 4.98 Å². The second-order valence-electron chi connectivity index (χ2n) is 5.13. The van der Waals surface area contributed by atoms with Gasteiger partial charge in [-0.1, -0.05) is 20.8 Å². The maximum Gasteiger partial charge on any atom is 0.163 e. The Labute approximate surface area is 123 Å². The van der Waals surface area contributed by atoms with Gasteiger partial charge in [0.1, 0.15) is 10.8 Å². The fourth-order valence-corrected chi connectivity index (χ4v) is 3.30. The highest BCUT2D eigenvalue weighted by Crippen LogP contribution is 2.35. The number of aromatic hydroxyl groups is 1. The molecule has 0 unspecified atom stereocenters. The first-order valence-corrected chi connectivity index (χ1v) is 7.65. The number of phenolic OH excluding ortho intramolecular Hbond substituents is 1. The fraction of sp³-hybridized carbons (Fsp3) is 0.375. The van der Waals surface area contributed by atoms with Crippen LogP contribution in [0.4, 0.5) is 0 Å². The van der Waals surface area contributed by atoms with Crippen LogP contribution in [-0.2, 0) is 6.42 Å². The summed E-state index contributed by atoms with van der Waals surface area (Å²) in [5, 5.41) is 12.9. The molecule has 1 aromatic carbocycles. The molecular formula is C16H19NO2S. The van der Waals surface area contributed by atoms with Crippen LogP contribution in [0.2, 0.25) is 0 Å². The smallest absolute Gasteiger partial charge is 0.163 e. The third kappa shape index (κ3) is 2.61. The van der Waals surface area contributed by atoms with Crippen molar-refractivity contribution in [2.75, 3.05) is 0 Å². The van der Waals surface area contributed by atoms with Crippen molar-refractivity contribution in [3.8, 4) is 16.3 Å². The molecule has 0 radical (unpaired) electrons. The Balaban J connectivity index is 2.61. The summed E-state index contributed by atoms with van der Waals surface area (Å²) in [6.07, 6.45) is 0.690. The summed E-state index contributed by atoms with van der Waals surface area (Å²) < 4.78 is 0. The molecule has 20 heavy (non-hydrogen) atoms. The maximum atomic E-state index is 11.8. The minimum absolute atomic E-state index is 0.0544. The second kappa shape index (κ2) is 5.75. The van der Waals surface area contributed by atoms with Crippen LogP contribution in [0.5, 0.6) is 5.75 Å². The third-order valence-corrected chi connectivity index (χ3v) is 4.23. The lowest BCUT2D eigenvalue weighted by molar-refractivity contribution is 0.101. The Kier molecular flexibility index (Phi) is 4.23. The molecule has 0 spiro atoms. The van der Waals surface area contributed by atoms with Gasteiger partial charge in [-0.3, -0.25) is 4.79 Å². The first-order chi connectivity index (χ1) is 9.45. The first-order valence-electron chi connectivity index (χ1n) is 6.77. The Morgan fingerprint density at radius 3 is 2.60 bits per heavy atom. The molecule has 0 saturated carbocycles. The van der Waals surface area contributed by atoms with E-state index in [4.69, 9.17) is 0 Å². The van der Waals surface area contributed by atoms with Gasteiger partial charge in [-0.15, -0.1) is 11.3 Å². The number of nitrogens with zero attached hydrogens (tertiary/aromatic N) is 1. The summed E-state index contributed by atoms with van der Waals surface area (Å²) in [5.74, 6) is 0.329. The van der Waals surface area contributed by atoms with Crippen LogP contribution in [0.25, 0.3) is 10.6 Å². The molecule has 0 amide bonds. The number of carbonyl (C=O) groups excluding carboxylic acids is 1. The summed E-state index contributed by atoms with van der Waals surface area (Å²) in [6, 6.07) is 3.44. The van der Waals surface area contributed by atoms with E-state index < -0.39 is 0 Å². The number of Topliss-reactive ketones (excluding diaryl/α,β-unsaturated/α-hetero) is 1. The SMILES string of the molecule is CCc1c(-c2nc(C(C)C)cs2)ccc(O)c1C(C)=O. The van der Waals surface area contributed by atoms with Crippen molar-refractivity contribution in [3.05, 3.63) is 34.3 Å². The van der Waals surface area contributed by atoms with Gasteiger partial charge < -0.3 is 5.11 Å². The Bertz CT molecular complexity index is 644. The number of rotatable bonds is 4. The average Bonchev–Trinajstić information content (AvgIpc) is 2.87. The van der Waals surface area contributed by atoms with Crippen LogP contribution in [0.3, 0.4) is 0 Å². The zero-order valence-electron chi connectivity index (χ0n) is 12.2. The van der Waals surface area contributed by atoms with Gasteiger partial charge in [0.05, 0.1) is 11.3 Å². The van der Waals surface area contributed by atoms with Crippen molar-refractivity contribution in [2.24, 2.45) is 0 Å². The molecule has 0 aliphatic carbocycles. The predicted octanol–water partition coefficient (Wildman–Crippen LogP) is 4.40. The van der Waals surface area contributed by atoms with Crippen molar-refractivity contribution >= 4 is 17.1 Å². The normalized spacial score (nSPS) is 11.1. The number of benzene rings is 1. The van der Waals surface area contributed by atoms with E-state index in [1.807, 2.05) is 13.0 Å². The number of hydrogen-bond acceptors (Lipinski definition) is 4. The molecule has 2 rings (SSSR count). The molecule has 1 heterocycles. The summed E-state index contributed by atoms with van der Waals surface area (Å²) in [5.41, 5.74) is 3.31. The van der Waals surface area contributed by atoms with E-state index in [0.29, 0.717) is 17.9 Å². The van der Waals surface area contributed by atoms with Crippen LogP contribution in [0.1, 0.15) is 55.2 Å². The quantitative estimate of drug-likeness (QED) is 0.848. The van der Waals surface area contributed by atoms with Gasteiger partial charge in [0.25, 0.3) is 0 Å². The zero-order chi connectivity index (χ0) is 14.9. The van der Waals surface area contributed by atoms with Crippen molar-refractivity contribution in [1.82, 2.24) is 4.98 Å². The van der Waals surface area contributed by atoms with E-state index in [1.165, 1.54) is 6.92 Å². The van der Waals surface area contributed by atoms with E-state index in [9.17, 15) is 9.90 Å². The molecule has 0 saturated heterocycles. The van der Waals surface area contributed by atoms with Crippen molar-refractivity contribution in [3.63, 3.8) is 0 Å². The molecule has 0 bridgehead atoms. The number of carbonyl (C=O) groups is 1. The van der Waals surface area contributed by atoms with Gasteiger partial charge in [0.2, 0.25) is 0 Å². The molecule has 1 aromatic heterocycles. The molecule has 3 nitrogen and oxygen atoms in total. The second-order valence-corrected chi connectivity index (χ2v) is 5.99. The fourth-order valence-electron chi connectivity index (χ4n) is 2.27. The summed E-state index contributed by atoms with van der Waals surface area (Å²) >= 11 is 1.58. The highest BCUT2D eigenvalue weighted by molar-refractivity contribution is 7.13. The standard InChI is InChI=1S/C16H19NO2S/c1-5-11-12(6-7-14(19)15(11)10(4)18)16-17-13(8-20-16)9(2)3/h6-9,19H,5H2,1-4H3. The minimum Gasteiger partial charge on any atom is -0.507 e. The molecule has 0 atom stereocenters. The Morgan fingerprint density at radius 2 is 2.10 bits per heavy atom. The molecule has 0 aliphatic heterocycles. The highest BCUT2D eigenvalue weighted by atomic mass is 32.1. The number of aromatic nitrogens is 1. The zero-order valence-corrected chi connectivity index (χ0v) is 13.0. The van der Waals surface area contributed by atoms with E-state index in [2.05, 4.69) is 24.2 Å². The number of phenols is 1. The molecule has 2 aromatic rings. The molecule has 1 N–H and O–H groups in total. The van der Waals surface area contributed by atoms with Gasteiger partial charge in [-0.2, -0.15) is 0 Å². The van der Waals surface area contributed by atoms with Gasteiger partial charge in [-0.05, 0) is 37.0 Å². The molecule has 106 valence electrons. The average molecular weight is 289 g/mol. The van der Waals surface area contributed by atoms with E-state index in [1.54, 1.807) is 17.4 Å².